The predicted molar refractivity (Wildman–Crippen MR) is 171 cm³/mol. The zero-order valence-electron chi connectivity index (χ0n) is 23.2. The van der Waals surface area contributed by atoms with E-state index in [4.69, 9.17) is 11.5 Å². The van der Waals surface area contributed by atoms with Gasteiger partial charge >= 0.3 is 46.5 Å². The molecule has 0 aliphatic carbocycles. The Bertz CT molecular complexity index is 905. The number of ether oxygens (including phenoxy) is 3. The van der Waals surface area contributed by atoms with Gasteiger partial charge in [-0.15, -0.1) is 0 Å². The normalized spacial score (nSPS) is 11.4. The zero-order chi connectivity index (χ0) is 31.0. The van der Waals surface area contributed by atoms with E-state index in [0.29, 0.717) is 18.1 Å². The van der Waals surface area contributed by atoms with Crippen molar-refractivity contribution >= 4 is 87.8 Å². The predicted octanol–water partition coefficient (Wildman–Crippen LogP) is 5.18. The summed E-state index contributed by atoms with van der Waals surface area (Å²) in [6.45, 7) is 8.79. The molecule has 0 bridgehead atoms. The summed E-state index contributed by atoms with van der Waals surface area (Å²) in [6.07, 6.45) is 3.96. The summed E-state index contributed by atoms with van der Waals surface area (Å²) in [5.74, 6) is 0.0879. The maximum absolute atomic E-state index is 11.1. The average Bonchev–Trinajstić information content (AvgIpc) is 2.95. The van der Waals surface area contributed by atoms with Crippen LogP contribution in [0.1, 0.15) is 26.3 Å². The van der Waals surface area contributed by atoms with Crippen LogP contribution in [-0.2, 0) is 49.8 Å². The fraction of sp³-hybridized carbons (Fsp3) is 0.440. The van der Waals surface area contributed by atoms with Crippen LogP contribution >= 0.6 is 58.3 Å². The molecule has 2 heterocycles. The summed E-state index contributed by atoms with van der Waals surface area (Å²) in [4.78, 5) is 39.6. The number of carbonyl (C=O) groups is 3. The number of hydrogen-bond acceptors (Lipinski definition) is 10. The Labute approximate surface area is 274 Å². The molecule has 0 unspecified atom stereocenters. The molecule has 39 heavy (non-hydrogen) atoms. The third kappa shape index (κ3) is 24.4. The number of nitrogens with two attached hydrogens (primary N) is 2. The van der Waals surface area contributed by atoms with Crippen LogP contribution in [0.5, 0.6) is 0 Å². The topological polar surface area (TPSA) is 157 Å². The number of alkyl halides is 1. The molecule has 3 atom stereocenters. The van der Waals surface area contributed by atoms with Crippen molar-refractivity contribution in [3.05, 3.63) is 53.6 Å². The standard InChI is InChI=1S/C10H14N2O2.C5H5BrN2.C5H9IO2.C5H9O2.HI.Zn/c1-7(10(13)14-2)5-8-3-4-9(11)12-6-8;6-4-1-2-5(7)8-3-4;1-4(3-6)5(7)8-2;1-4(2)5(6)7-3;;/h3-4,6-7H,5H2,1-2H3,(H2,11,12);1-3H,(H2,7,8);4H,3H2,1-2H3;4H,1H2,2-3H3;1H;/q;;;-1;;+2/p-1/t7-;;2*4-;;/m0.01../s1. The van der Waals surface area contributed by atoms with Gasteiger partial charge in [-0.2, -0.15) is 0 Å². The number of halogens is 3. The first-order valence-electron chi connectivity index (χ1n) is 11.3. The second-order valence-electron chi connectivity index (χ2n) is 7.62. The van der Waals surface area contributed by atoms with Crippen LogP contribution in [-0.4, -0.2) is 53.6 Å². The van der Waals surface area contributed by atoms with E-state index in [1.165, 1.54) is 36.1 Å². The number of nitrogens with zero attached hydrogens (tertiary/aromatic N) is 2. The van der Waals surface area contributed by atoms with Gasteiger partial charge in [0.25, 0.3) is 5.97 Å². The molecule has 0 spiro atoms. The Morgan fingerprint density at radius 1 is 0.872 bits per heavy atom. The monoisotopic (exact) mass is 886 g/mol. The molecule has 0 saturated carbocycles. The minimum absolute atomic E-state index is 0.0422. The number of carbonyl (C=O) groups excluding carboxylic acids is 3. The maximum atomic E-state index is 11.1. The molecule has 2 rings (SSSR count). The number of esters is 3. The molecule has 0 aliphatic rings. The summed E-state index contributed by atoms with van der Waals surface area (Å²) in [7, 11) is 4.15. The van der Waals surface area contributed by atoms with Crippen molar-refractivity contribution in [2.45, 2.75) is 27.2 Å². The first kappa shape index (κ1) is 42.3. The van der Waals surface area contributed by atoms with Gasteiger partial charge in [-0.25, -0.2) is 9.97 Å². The van der Waals surface area contributed by atoms with Gasteiger partial charge in [0.2, 0.25) is 0 Å². The second-order valence-corrected chi connectivity index (χ2v) is 9.42. The van der Waals surface area contributed by atoms with Crippen molar-refractivity contribution in [2.24, 2.45) is 17.8 Å². The van der Waals surface area contributed by atoms with E-state index in [1.807, 2.05) is 26.0 Å². The van der Waals surface area contributed by atoms with Crippen LogP contribution in [0.15, 0.2) is 41.1 Å². The number of methoxy groups -OCH3 is 3. The van der Waals surface area contributed by atoms with Gasteiger partial charge in [0.15, 0.2) is 0 Å². The number of pyridine rings is 2. The van der Waals surface area contributed by atoms with Gasteiger partial charge in [0.05, 0.1) is 33.2 Å². The summed E-state index contributed by atoms with van der Waals surface area (Å²) < 4.78 is 15.2. The Morgan fingerprint density at radius 3 is 1.56 bits per heavy atom. The molecular formula is C25H37BrI2N4O6Zn. The van der Waals surface area contributed by atoms with Crippen molar-refractivity contribution in [1.82, 2.24) is 9.97 Å². The third-order valence-electron chi connectivity index (χ3n) is 4.18. The van der Waals surface area contributed by atoms with Crippen LogP contribution in [0.3, 0.4) is 0 Å². The fourth-order valence-electron chi connectivity index (χ4n) is 2.05. The fourth-order valence-corrected chi connectivity index (χ4v) is 2.64. The number of anilines is 2. The number of nitrogen functional groups attached to an aromatic ring is 2. The summed E-state index contributed by atoms with van der Waals surface area (Å²) in [6, 6.07) is 7.17. The molecule has 2 aromatic rings. The van der Waals surface area contributed by atoms with E-state index in [-0.39, 0.29) is 35.7 Å². The molecule has 2 aromatic heterocycles. The first-order valence-corrected chi connectivity index (χ1v) is 22.7. The van der Waals surface area contributed by atoms with Crippen molar-refractivity contribution in [3.63, 3.8) is 0 Å². The van der Waals surface area contributed by atoms with E-state index < -0.39 is 0 Å². The molecule has 216 valence electrons. The molecule has 0 fully saturated rings. The molecular weight excluding hydrogens is 851 g/mol. The minimum atomic E-state index is -0.264. The van der Waals surface area contributed by atoms with Crippen molar-refractivity contribution in [2.75, 3.05) is 37.2 Å². The van der Waals surface area contributed by atoms with E-state index in [9.17, 15) is 14.4 Å². The van der Waals surface area contributed by atoms with Gasteiger partial charge in [0.1, 0.15) is 11.6 Å². The molecule has 0 aromatic carbocycles. The van der Waals surface area contributed by atoms with E-state index in [1.54, 1.807) is 31.5 Å². The van der Waals surface area contributed by atoms with Crippen LogP contribution in [0.25, 0.3) is 0 Å². The molecule has 0 amide bonds. The van der Waals surface area contributed by atoms with Crippen LogP contribution in [0.4, 0.5) is 11.6 Å². The number of hydrogen-bond donors (Lipinski definition) is 2. The van der Waals surface area contributed by atoms with E-state index in [0.717, 1.165) is 14.5 Å². The Hall–Kier alpha value is -1.13. The van der Waals surface area contributed by atoms with Crippen LogP contribution in [0, 0.1) is 24.7 Å². The Morgan fingerprint density at radius 2 is 1.31 bits per heavy atom. The summed E-state index contributed by atoms with van der Waals surface area (Å²) >= 11 is 9.00. The van der Waals surface area contributed by atoms with Gasteiger partial charge in [-0.1, -0.05) is 55.3 Å². The van der Waals surface area contributed by atoms with Crippen molar-refractivity contribution < 1.29 is 43.4 Å². The van der Waals surface area contributed by atoms with Gasteiger partial charge in [0, 0.05) is 21.3 Å². The quantitative estimate of drug-likeness (QED) is 0.0990. The second kappa shape index (κ2) is 27.1. The number of rotatable bonds is 6. The van der Waals surface area contributed by atoms with Gasteiger partial charge in [-0.05, 0) is 46.1 Å². The third-order valence-corrected chi connectivity index (χ3v) is 5.97. The van der Waals surface area contributed by atoms with Gasteiger partial charge < -0.3 is 32.6 Å². The molecule has 14 heteroatoms. The van der Waals surface area contributed by atoms with E-state index >= 15 is 0 Å². The van der Waals surface area contributed by atoms with Crippen LogP contribution < -0.4 is 11.5 Å². The molecule has 0 aliphatic heterocycles. The summed E-state index contributed by atoms with van der Waals surface area (Å²) in [5, 5.41) is 0. The molecule has 4 N–H and O–H groups in total. The van der Waals surface area contributed by atoms with E-state index in [2.05, 4.69) is 89.4 Å². The Kier molecular flexibility index (Phi) is 29.4. The molecule has 10 nitrogen and oxygen atoms in total. The molecule has 0 radical (unpaired) electrons. The molecule has 0 saturated heterocycles. The van der Waals surface area contributed by atoms with Crippen LogP contribution in [0.2, 0.25) is 0 Å². The van der Waals surface area contributed by atoms with Gasteiger partial charge in [-0.3, -0.25) is 14.4 Å². The number of aromatic nitrogens is 2. The first-order chi connectivity index (χ1) is 18.3. The Balaban J connectivity index is -0.000000453. The van der Waals surface area contributed by atoms with Crippen molar-refractivity contribution in [3.8, 4) is 0 Å². The summed E-state index contributed by atoms with van der Waals surface area (Å²) in [5.41, 5.74) is 11.7. The SMILES string of the molecule is COC(=O)[C@@H](C)CI.COC(=O)[C@@H](C)Cc1ccc(N)nc1.Nc1ccc(Br)cn1.[CH2-][C@H](C)C(=O)OC.[Zn+][I]. The average molecular weight is 889 g/mol. The van der Waals surface area contributed by atoms with Crippen molar-refractivity contribution in [1.29, 1.82) is 0 Å². The zero-order valence-corrected chi connectivity index (χ0v) is 32.0.